The highest BCUT2D eigenvalue weighted by atomic mass is 35.5. The van der Waals surface area contributed by atoms with Crippen molar-refractivity contribution in [2.45, 2.75) is 46.1 Å². The summed E-state index contributed by atoms with van der Waals surface area (Å²) in [7, 11) is 0. The molecule has 0 saturated carbocycles. The number of benzene rings is 1. The number of rotatable bonds is 3. The highest BCUT2D eigenvalue weighted by Crippen LogP contribution is 2.33. The van der Waals surface area contributed by atoms with Crippen LogP contribution in [-0.4, -0.2) is 24.5 Å². The first-order chi connectivity index (χ1) is 9.43. The Bertz CT molecular complexity index is 456. The summed E-state index contributed by atoms with van der Waals surface area (Å²) in [6, 6.07) is 6.66. The van der Waals surface area contributed by atoms with Crippen molar-refractivity contribution in [1.29, 1.82) is 0 Å². The Hall–Kier alpha value is -0.570. The van der Waals surface area contributed by atoms with Crippen molar-refractivity contribution >= 4 is 11.6 Å². The third-order valence-corrected chi connectivity index (χ3v) is 5.03. The Labute approximate surface area is 128 Å². The Kier molecular flexibility index (Phi) is 5.11. The number of aryl methyl sites for hydroxylation is 1. The number of nitrogens with two attached hydrogens (primary N) is 1. The zero-order chi connectivity index (χ0) is 14.8. The molecule has 1 heterocycles. The molecule has 1 fully saturated rings. The van der Waals surface area contributed by atoms with Crippen molar-refractivity contribution in [1.82, 2.24) is 4.90 Å². The molecule has 20 heavy (non-hydrogen) atoms. The molecule has 1 aliphatic heterocycles. The second-order valence-electron chi connectivity index (χ2n) is 6.81. The molecular weight excluding hydrogens is 268 g/mol. The predicted octanol–water partition coefficient (Wildman–Crippen LogP) is 4.16. The quantitative estimate of drug-likeness (QED) is 0.907. The molecule has 112 valence electrons. The molecule has 1 atom stereocenters. The average Bonchev–Trinajstić information content (AvgIpc) is 2.56. The van der Waals surface area contributed by atoms with Crippen LogP contribution in [0, 0.1) is 12.3 Å². The molecular formula is C17H27ClN2. The Balaban J connectivity index is 2.17. The lowest BCUT2D eigenvalue weighted by atomic mass is 9.85. The summed E-state index contributed by atoms with van der Waals surface area (Å²) in [5.74, 6) is 0. The van der Waals surface area contributed by atoms with Crippen LogP contribution in [0.1, 0.15) is 50.3 Å². The van der Waals surface area contributed by atoms with Gasteiger partial charge in [-0.15, -0.1) is 0 Å². The lowest BCUT2D eigenvalue weighted by Crippen LogP contribution is -2.35. The molecule has 0 spiro atoms. The maximum atomic E-state index is 6.27. The zero-order valence-corrected chi connectivity index (χ0v) is 13.7. The maximum Gasteiger partial charge on any atom is 0.0470 e. The fourth-order valence-corrected chi connectivity index (χ4v) is 3.26. The van der Waals surface area contributed by atoms with Crippen LogP contribution in [0.15, 0.2) is 18.2 Å². The molecule has 2 N–H and O–H groups in total. The van der Waals surface area contributed by atoms with Gasteiger partial charge in [0.2, 0.25) is 0 Å². The van der Waals surface area contributed by atoms with E-state index in [1.807, 2.05) is 6.92 Å². The van der Waals surface area contributed by atoms with Crippen LogP contribution in [0.3, 0.4) is 0 Å². The van der Waals surface area contributed by atoms with Gasteiger partial charge in [-0.25, -0.2) is 0 Å². The van der Waals surface area contributed by atoms with Crippen molar-refractivity contribution in [3.05, 3.63) is 34.3 Å². The van der Waals surface area contributed by atoms with Gasteiger partial charge in [-0.3, -0.25) is 4.90 Å². The van der Waals surface area contributed by atoms with Crippen molar-refractivity contribution in [3.63, 3.8) is 0 Å². The average molecular weight is 295 g/mol. The number of halogens is 1. The normalized spacial score (nSPS) is 21.4. The summed E-state index contributed by atoms with van der Waals surface area (Å²) < 4.78 is 0. The van der Waals surface area contributed by atoms with E-state index >= 15 is 0 Å². The van der Waals surface area contributed by atoms with Crippen LogP contribution in [-0.2, 0) is 0 Å². The van der Waals surface area contributed by atoms with E-state index in [4.69, 9.17) is 17.3 Å². The first kappa shape index (κ1) is 15.8. The fourth-order valence-electron chi connectivity index (χ4n) is 3.07. The first-order valence-electron chi connectivity index (χ1n) is 7.63. The predicted molar refractivity (Wildman–Crippen MR) is 87.2 cm³/mol. The number of nitrogens with zero attached hydrogens (tertiary/aromatic N) is 1. The second kappa shape index (κ2) is 6.46. The summed E-state index contributed by atoms with van der Waals surface area (Å²) in [5.41, 5.74) is 8.90. The van der Waals surface area contributed by atoms with E-state index < -0.39 is 0 Å². The molecule has 1 aromatic rings. The highest BCUT2D eigenvalue weighted by Gasteiger charge is 2.27. The first-order valence-corrected chi connectivity index (χ1v) is 8.01. The van der Waals surface area contributed by atoms with Gasteiger partial charge in [0.25, 0.3) is 0 Å². The molecule has 0 aromatic heterocycles. The SMILES string of the molecule is Cc1ccc(C(CN)N2CCCC(C)(C)CC2)cc1Cl. The topological polar surface area (TPSA) is 29.3 Å². The summed E-state index contributed by atoms with van der Waals surface area (Å²) in [6.07, 6.45) is 3.79. The molecule has 0 radical (unpaired) electrons. The Morgan fingerprint density at radius 1 is 1.30 bits per heavy atom. The number of likely N-dealkylation sites (tertiary alicyclic amines) is 1. The monoisotopic (exact) mass is 294 g/mol. The molecule has 0 amide bonds. The van der Waals surface area contributed by atoms with Gasteiger partial charge in [0.15, 0.2) is 0 Å². The van der Waals surface area contributed by atoms with Gasteiger partial charge in [0.1, 0.15) is 0 Å². The largest absolute Gasteiger partial charge is 0.329 e. The van der Waals surface area contributed by atoms with E-state index in [0.717, 1.165) is 23.7 Å². The smallest absolute Gasteiger partial charge is 0.0470 e. The lowest BCUT2D eigenvalue weighted by Gasteiger charge is -2.31. The van der Waals surface area contributed by atoms with Gasteiger partial charge in [0, 0.05) is 17.6 Å². The van der Waals surface area contributed by atoms with Crippen LogP contribution in [0.4, 0.5) is 0 Å². The second-order valence-corrected chi connectivity index (χ2v) is 7.22. The van der Waals surface area contributed by atoms with E-state index in [-0.39, 0.29) is 0 Å². The minimum atomic E-state index is 0.294. The fraction of sp³-hybridized carbons (Fsp3) is 0.647. The third-order valence-electron chi connectivity index (χ3n) is 4.62. The van der Waals surface area contributed by atoms with Gasteiger partial charge < -0.3 is 5.73 Å². The molecule has 2 nitrogen and oxygen atoms in total. The van der Waals surface area contributed by atoms with E-state index in [0.29, 0.717) is 18.0 Å². The minimum absolute atomic E-state index is 0.294. The third kappa shape index (κ3) is 3.75. The van der Waals surface area contributed by atoms with E-state index in [1.54, 1.807) is 0 Å². The van der Waals surface area contributed by atoms with Crippen LogP contribution in [0.5, 0.6) is 0 Å². The molecule has 0 bridgehead atoms. The molecule has 0 aliphatic carbocycles. The van der Waals surface area contributed by atoms with Gasteiger partial charge in [0.05, 0.1) is 0 Å². The van der Waals surface area contributed by atoms with Gasteiger partial charge in [-0.2, -0.15) is 0 Å². The number of hydrogen-bond donors (Lipinski definition) is 1. The Morgan fingerprint density at radius 2 is 2.05 bits per heavy atom. The summed E-state index contributed by atoms with van der Waals surface area (Å²) in [5, 5.41) is 0.844. The van der Waals surface area contributed by atoms with Crippen LogP contribution in [0.25, 0.3) is 0 Å². The molecule has 1 saturated heterocycles. The summed E-state index contributed by atoms with van der Waals surface area (Å²) in [4.78, 5) is 2.54. The van der Waals surface area contributed by atoms with Crippen LogP contribution >= 0.6 is 11.6 Å². The van der Waals surface area contributed by atoms with Crippen LogP contribution < -0.4 is 5.73 Å². The maximum absolute atomic E-state index is 6.27. The van der Waals surface area contributed by atoms with E-state index in [2.05, 4.69) is 36.9 Å². The van der Waals surface area contributed by atoms with Crippen molar-refractivity contribution in [2.75, 3.05) is 19.6 Å². The summed E-state index contributed by atoms with van der Waals surface area (Å²) in [6.45, 7) is 9.70. The van der Waals surface area contributed by atoms with Crippen molar-refractivity contribution < 1.29 is 0 Å². The van der Waals surface area contributed by atoms with Gasteiger partial charge in [-0.1, -0.05) is 37.6 Å². The van der Waals surface area contributed by atoms with Crippen LogP contribution in [0.2, 0.25) is 5.02 Å². The van der Waals surface area contributed by atoms with Crippen molar-refractivity contribution in [2.24, 2.45) is 11.1 Å². The minimum Gasteiger partial charge on any atom is -0.329 e. The molecule has 1 aliphatic rings. The molecule has 3 heteroatoms. The Morgan fingerprint density at radius 3 is 2.70 bits per heavy atom. The molecule has 1 unspecified atom stereocenters. The lowest BCUT2D eigenvalue weighted by molar-refractivity contribution is 0.200. The summed E-state index contributed by atoms with van der Waals surface area (Å²) >= 11 is 6.27. The molecule has 1 aromatic carbocycles. The standard InChI is InChI=1S/C17H27ClN2/c1-13-5-6-14(11-15(13)18)16(12-19)20-9-4-7-17(2,3)8-10-20/h5-6,11,16H,4,7-10,12,19H2,1-3H3. The van der Waals surface area contributed by atoms with Gasteiger partial charge in [-0.05, 0) is 61.9 Å². The van der Waals surface area contributed by atoms with E-state index in [1.165, 1.54) is 24.8 Å². The number of hydrogen-bond acceptors (Lipinski definition) is 2. The molecule has 2 rings (SSSR count). The van der Waals surface area contributed by atoms with Crippen molar-refractivity contribution in [3.8, 4) is 0 Å². The highest BCUT2D eigenvalue weighted by molar-refractivity contribution is 6.31. The van der Waals surface area contributed by atoms with E-state index in [9.17, 15) is 0 Å². The zero-order valence-electron chi connectivity index (χ0n) is 13.0. The van der Waals surface area contributed by atoms with Gasteiger partial charge >= 0.3 is 0 Å².